The largest absolute Gasteiger partial charge is 0.497 e. The van der Waals surface area contributed by atoms with Crippen LogP contribution in [0, 0.1) is 0 Å². The fourth-order valence-electron chi connectivity index (χ4n) is 2.34. The topological polar surface area (TPSA) is 43.0 Å². The van der Waals surface area contributed by atoms with Crippen LogP contribution in [-0.2, 0) is 11.3 Å². The zero-order valence-electron chi connectivity index (χ0n) is 12.5. The van der Waals surface area contributed by atoms with Gasteiger partial charge < -0.3 is 24.4 Å². The minimum absolute atomic E-state index is 0.265. The second-order valence-corrected chi connectivity index (χ2v) is 5.11. The second kappa shape index (κ2) is 7.47. The number of methoxy groups -OCH3 is 2. The van der Waals surface area contributed by atoms with Gasteiger partial charge in [-0.15, -0.1) is 0 Å². The summed E-state index contributed by atoms with van der Waals surface area (Å²) in [6.45, 7) is 4.44. The highest BCUT2D eigenvalue weighted by atomic mass is 16.5. The van der Waals surface area contributed by atoms with E-state index in [4.69, 9.17) is 14.2 Å². The Hall–Kier alpha value is -1.30. The standard InChI is InChI=1S/C15H24N2O3/c1-17-4-5-20-15(11-17)10-16-9-12-6-13(18-2)8-14(7-12)19-3/h6-8,15-16H,4-5,9-11H2,1-3H3. The van der Waals surface area contributed by atoms with E-state index in [1.54, 1.807) is 14.2 Å². The maximum absolute atomic E-state index is 5.72. The van der Waals surface area contributed by atoms with Crippen LogP contribution < -0.4 is 14.8 Å². The van der Waals surface area contributed by atoms with E-state index in [2.05, 4.69) is 17.3 Å². The minimum atomic E-state index is 0.265. The van der Waals surface area contributed by atoms with Gasteiger partial charge in [0.2, 0.25) is 0 Å². The quantitative estimate of drug-likeness (QED) is 0.846. The molecule has 1 aliphatic heterocycles. The summed E-state index contributed by atoms with van der Waals surface area (Å²) in [6, 6.07) is 5.91. The second-order valence-electron chi connectivity index (χ2n) is 5.11. The van der Waals surface area contributed by atoms with Crippen LogP contribution in [0.15, 0.2) is 18.2 Å². The molecule has 0 spiro atoms. The zero-order chi connectivity index (χ0) is 14.4. The summed E-state index contributed by atoms with van der Waals surface area (Å²) < 4.78 is 16.3. The molecule has 0 saturated carbocycles. The molecule has 1 saturated heterocycles. The molecule has 5 heteroatoms. The molecule has 0 amide bonds. The number of morpholine rings is 1. The molecule has 0 radical (unpaired) electrons. The van der Waals surface area contributed by atoms with E-state index >= 15 is 0 Å². The van der Waals surface area contributed by atoms with E-state index in [1.807, 2.05) is 18.2 Å². The monoisotopic (exact) mass is 280 g/mol. The van der Waals surface area contributed by atoms with E-state index in [0.29, 0.717) is 0 Å². The van der Waals surface area contributed by atoms with Crippen molar-refractivity contribution in [2.24, 2.45) is 0 Å². The van der Waals surface area contributed by atoms with Gasteiger partial charge >= 0.3 is 0 Å². The first kappa shape index (κ1) is 15.1. The molecule has 1 aromatic carbocycles. The number of hydrogen-bond acceptors (Lipinski definition) is 5. The average molecular weight is 280 g/mol. The Labute approximate surface area is 120 Å². The van der Waals surface area contributed by atoms with Crippen LogP contribution in [0.25, 0.3) is 0 Å². The van der Waals surface area contributed by atoms with Gasteiger partial charge in [-0.2, -0.15) is 0 Å². The molecule has 1 aliphatic rings. The third-order valence-corrected chi connectivity index (χ3v) is 3.45. The van der Waals surface area contributed by atoms with Crippen molar-refractivity contribution in [1.29, 1.82) is 0 Å². The van der Waals surface area contributed by atoms with Crippen LogP contribution in [0.2, 0.25) is 0 Å². The Morgan fingerprint density at radius 1 is 1.25 bits per heavy atom. The summed E-state index contributed by atoms with van der Waals surface area (Å²) in [6.07, 6.45) is 0.265. The average Bonchev–Trinajstić information content (AvgIpc) is 2.47. The Morgan fingerprint density at radius 2 is 1.95 bits per heavy atom. The lowest BCUT2D eigenvalue weighted by atomic mass is 10.2. The van der Waals surface area contributed by atoms with E-state index in [9.17, 15) is 0 Å². The molecule has 1 unspecified atom stereocenters. The highest BCUT2D eigenvalue weighted by Gasteiger charge is 2.16. The van der Waals surface area contributed by atoms with Crippen LogP contribution >= 0.6 is 0 Å². The summed E-state index contributed by atoms with van der Waals surface area (Å²) in [5, 5.41) is 3.43. The lowest BCUT2D eigenvalue weighted by Gasteiger charge is -2.30. The fraction of sp³-hybridized carbons (Fsp3) is 0.600. The van der Waals surface area contributed by atoms with Crippen molar-refractivity contribution in [3.63, 3.8) is 0 Å². The molecule has 0 aromatic heterocycles. The smallest absolute Gasteiger partial charge is 0.122 e. The van der Waals surface area contributed by atoms with Crippen LogP contribution in [0.5, 0.6) is 11.5 Å². The van der Waals surface area contributed by atoms with Crippen LogP contribution in [-0.4, -0.2) is 58.5 Å². The fourth-order valence-corrected chi connectivity index (χ4v) is 2.34. The number of likely N-dealkylation sites (N-methyl/N-ethyl adjacent to an activating group) is 1. The van der Waals surface area contributed by atoms with Crippen molar-refractivity contribution in [3.8, 4) is 11.5 Å². The maximum atomic E-state index is 5.72. The summed E-state index contributed by atoms with van der Waals surface area (Å²) in [5.41, 5.74) is 1.14. The number of nitrogens with one attached hydrogen (secondary N) is 1. The van der Waals surface area contributed by atoms with Gasteiger partial charge in [-0.1, -0.05) is 0 Å². The molecule has 1 aromatic rings. The predicted octanol–water partition coefficient (Wildman–Crippen LogP) is 1.12. The van der Waals surface area contributed by atoms with Crippen LogP contribution in [0.4, 0.5) is 0 Å². The number of hydrogen-bond donors (Lipinski definition) is 1. The van der Waals surface area contributed by atoms with E-state index < -0.39 is 0 Å². The lowest BCUT2D eigenvalue weighted by molar-refractivity contribution is -0.0182. The van der Waals surface area contributed by atoms with Crippen molar-refractivity contribution >= 4 is 0 Å². The summed E-state index contributed by atoms with van der Waals surface area (Å²) in [4.78, 5) is 2.30. The molecule has 2 rings (SSSR count). The summed E-state index contributed by atoms with van der Waals surface area (Å²) in [7, 11) is 5.46. The first-order valence-electron chi connectivity index (χ1n) is 6.94. The molecule has 112 valence electrons. The van der Waals surface area contributed by atoms with Gasteiger partial charge in [0.25, 0.3) is 0 Å². The Bertz CT molecular complexity index is 403. The molecule has 1 heterocycles. The SMILES string of the molecule is COc1cc(CNCC2CN(C)CCO2)cc(OC)c1. The predicted molar refractivity (Wildman–Crippen MR) is 78.5 cm³/mol. The molecule has 0 aliphatic carbocycles. The molecule has 20 heavy (non-hydrogen) atoms. The molecular weight excluding hydrogens is 256 g/mol. The van der Waals surface area contributed by atoms with Gasteiger partial charge in [-0.25, -0.2) is 0 Å². The van der Waals surface area contributed by atoms with Gasteiger partial charge in [0.05, 0.1) is 26.9 Å². The highest BCUT2D eigenvalue weighted by molar-refractivity contribution is 5.38. The first-order valence-corrected chi connectivity index (χ1v) is 6.94. The molecule has 0 bridgehead atoms. The Balaban J connectivity index is 1.84. The lowest BCUT2D eigenvalue weighted by Crippen LogP contribution is -2.44. The van der Waals surface area contributed by atoms with Crippen molar-refractivity contribution < 1.29 is 14.2 Å². The Kier molecular flexibility index (Phi) is 5.64. The number of ether oxygens (including phenoxy) is 3. The van der Waals surface area contributed by atoms with Gasteiger partial charge in [0, 0.05) is 32.2 Å². The van der Waals surface area contributed by atoms with E-state index in [1.165, 1.54) is 0 Å². The zero-order valence-corrected chi connectivity index (χ0v) is 12.5. The molecule has 1 N–H and O–H groups in total. The molecule has 5 nitrogen and oxygen atoms in total. The summed E-state index contributed by atoms with van der Waals surface area (Å²) in [5.74, 6) is 1.63. The number of benzene rings is 1. The van der Waals surface area contributed by atoms with Gasteiger partial charge in [-0.05, 0) is 24.7 Å². The van der Waals surface area contributed by atoms with Crippen molar-refractivity contribution in [1.82, 2.24) is 10.2 Å². The molecule has 1 fully saturated rings. The van der Waals surface area contributed by atoms with E-state index in [-0.39, 0.29) is 6.10 Å². The number of rotatable bonds is 6. The molecule has 1 atom stereocenters. The highest BCUT2D eigenvalue weighted by Crippen LogP contribution is 2.22. The van der Waals surface area contributed by atoms with E-state index in [0.717, 1.165) is 49.8 Å². The third kappa shape index (κ3) is 4.37. The molecular formula is C15H24N2O3. The summed E-state index contributed by atoms with van der Waals surface area (Å²) >= 11 is 0. The van der Waals surface area contributed by atoms with Crippen molar-refractivity contribution in [2.45, 2.75) is 12.6 Å². The third-order valence-electron chi connectivity index (χ3n) is 3.45. The van der Waals surface area contributed by atoms with Crippen molar-refractivity contribution in [2.75, 3.05) is 47.5 Å². The van der Waals surface area contributed by atoms with Gasteiger partial charge in [-0.3, -0.25) is 0 Å². The Morgan fingerprint density at radius 3 is 2.55 bits per heavy atom. The van der Waals surface area contributed by atoms with Gasteiger partial charge in [0.15, 0.2) is 0 Å². The number of nitrogens with zero attached hydrogens (tertiary/aromatic N) is 1. The minimum Gasteiger partial charge on any atom is -0.497 e. The van der Waals surface area contributed by atoms with Crippen LogP contribution in [0.3, 0.4) is 0 Å². The van der Waals surface area contributed by atoms with Gasteiger partial charge in [0.1, 0.15) is 11.5 Å². The van der Waals surface area contributed by atoms with Crippen molar-refractivity contribution in [3.05, 3.63) is 23.8 Å². The normalized spacial score (nSPS) is 19.9. The van der Waals surface area contributed by atoms with Crippen LogP contribution in [0.1, 0.15) is 5.56 Å². The first-order chi connectivity index (χ1) is 9.71. The maximum Gasteiger partial charge on any atom is 0.122 e.